The smallest absolute Gasteiger partial charge is 0.234 e. The van der Waals surface area contributed by atoms with Gasteiger partial charge < -0.3 is 24.3 Å². The zero-order valence-corrected chi connectivity index (χ0v) is 24.9. The lowest BCUT2D eigenvalue weighted by Crippen LogP contribution is -2.14. The second-order valence-electron chi connectivity index (χ2n) is 9.02. The SMILES string of the molecule is CCOc1cc(-c2nnc(SCC(=O)Nc3ccc(C)c(C)c3)nc2-c2ccc(OC)c(OCC)c2)ccc1OC. The highest BCUT2D eigenvalue weighted by atomic mass is 32.2. The summed E-state index contributed by atoms with van der Waals surface area (Å²) in [7, 11) is 3.19. The third kappa shape index (κ3) is 7.26. The number of hydrogen-bond donors (Lipinski definition) is 1. The fourth-order valence-electron chi connectivity index (χ4n) is 4.10. The number of thioether (sulfide) groups is 1. The normalized spacial score (nSPS) is 10.7. The number of nitrogens with one attached hydrogen (secondary N) is 1. The molecule has 10 heteroatoms. The summed E-state index contributed by atoms with van der Waals surface area (Å²) in [6, 6.07) is 17.0. The van der Waals surface area contributed by atoms with E-state index in [2.05, 4.69) is 15.5 Å². The molecular formula is C31H34N4O5S. The second-order valence-corrected chi connectivity index (χ2v) is 9.97. The highest BCUT2D eigenvalue weighted by Gasteiger charge is 2.19. The van der Waals surface area contributed by atoms with Crippen LogP contribution in [0, 0.1) is 13.8 Å². The molecular weight excluding hydrogens is 540 g/mol. The van der Waals surface area contributed by atoms with Crippen molar-refractivity contribution in [2.45, 2.75) is 32.9 Å². The topological polar surface area (TPSA) is 105 Å². The van der Waals surface area contributed by atoms with E-state index in [1.807, 2.05) is 82.3 Å². The molecule has 0 bridgehead atoms. The molecule has 9 nitrogen and oxygen atoms in total. The van der Waals surface area contributed by atoms with Crippen molar-refractivity contribution in [1.29, 1.82) is 0 Å². The van der Waals surface area contributed by atoms with Crippen LogP contribution in [0.25, 0.3) is 22.5 Å². The Morgan fingerprint density at radius 1 is 0.756 bits per heavy atom. The zero-order valence-electron chi connectivity index (χ0n) is 24.1. The Morgan fingerprint density at radius 2 is 1.37 bits per heavy atom. The van der Waals surface area contributed by atoms with Gasteiger partial charge in [-0.3, -0.25) is 4.79 Å². The molecule has 41 heavy (non-hydrogen) atoms. The first-order valence-corrected chi connectivity index (χ1v) is 14.2. The van der Waals surface area contributed by atoms with Crippen LogP contribution in [-0.2, 0) is 4.79 Å². The summed E-state index contributed by atoms with van der Waals surface area (Å²) >= 11 is 1.21. The fourth-order valence-corrected chi connectivity index (χ4v) is 4.69. The lowest BCUT2D eigenvalue weighted by Gasteiger charge is -2.15. The van der Waals surface area contributed by atoms with E-state index >= 15 is 0 Å². The van der Waals surface area contributed by atoms with Crippen molar-refractivity contribution in [2.24, 2.45) is 0 Å². The Kier molecular flexibility index (Phi) is 10.0. The predicted octanol–water partition coefficient (Wildman–Crippen LogP) is 6.37. The summed E-state index contributed by atoms with van der Waals surface area (Å²) in [6.07, 6.45) is 0. The number of aromatic nitrogens is 3. The van der Waals surface area contributed by atoms with E-state index in [0.29, 0.717) is 52.8 Å². The number of amides is 1. The van der Waals surface area contributed by atoms with Gasteiger partial charge in [0.15, 0.2) is 23.0 Å². The minimum atomic E-state index is -0.160. The number of anilines is 1. The van der Waals surface area contributed by atoms with Crippen LogP contribution in [0.5, 0.6) is 23.0 Å². The highest BCUT2D eigenvalue weighted by Crippen LogP contribution is 2.38. The minimum Gasteiger partial charge on any atom is -0.493 e. The van der Waals surface area contributed by atoms with Crippen molar-refractivity contribution in [3.05, 3.63) is 65.7 Å². The van der Waals surface area contributed by atoms with Gasteiger partial charge in [0.05, 0.1) is 33.2 Å². The molecule has 4 aromatic rings. The quantitative estimate of drug-likeness (QED) is 0.193. The molecule has 4 rings (SSSR count). The van der Waals surface area contributed by atoms with Crippen molar-refractivity contribution >= 4 is 23.4 Å². The van der Waals surface area contributed by atoms with E-state index in [4.69, 9.17) is 23.9 Å². The molecule has 1 heterocycles. The number of carbonyl (C=O) groups excluding carboxylic acids is 1. The first-order chi connectivity index (χ1) is 19.9. The lowest BCUT2D eigenvalue weighted by molar-refractivity contribution is -0.113. The Balaban J connectivity index is 1.69. The summed E-state index contributed by atoms with van der Waals surface area (Å²) in [5.41, 5.74) is 5.66. The lowest BCUT2D eigenvalue weighted by atomic mass is 10.0. The van der Waals surface area contributed by atoms with Gasteiger partial charge in [0.25, 0.3) is 0 Å². The molecule has 214 valence electrons. The average molecular weight is 575 g/mol. The second kappa shape index (κ2) is 13.8. The molecule has 1 N–H and O–H groups in total. The number of carbonyl (C=O) groups is 1. The van der Waals surface area contributed by atoms with E-state index in [0.717, 1.165) is 22.4 Å². The van der Waals surface area contributed by atoms with Gasteiger partial charge in [-0.25, -0.2) is 4.98 Å². The molecule has 3 aromatic carbocycles. The summed E-state index contributed by atoms with van der Waals surface area (Å²) in [6.45, 7) is 8.82. The molecule has 0 unspecified atom stereocenters. The zero-order chi connectivity index (χ0) is 29.4. The molecule has 1 amide bonds. The monoisotopic (exact) mass is 574 g/mol. The Hall–Kier alpha value is -4.31. The molecule has 0 aliphatic rings. The molecule has 0 aliphatic heterocycles. The third-order valence-corrected chi connectivity index (χ3v) is 7.10. The van der Waals surface area contributed by atoms with Gasteiger partial charge in [-0.15, -0.1) is 10.2 Å². The summed E-state index contributed by atoms with van der Waals surface area (Å²) in [5.74, 6) is 2.36. The molecule has 0 aliphatic carbocycles. The van der Waals surface area contributed by atoms with Crippen LogP contribution in [0.2, 0.25) is 0 Å². The predicted molar refractivity (Wildman–Crippen MR) is 161 cm³/mol. The number of ether oxygens (including phenoxy) is 4. The van der Waals surface area contributed by atoms with Crippen molar-refractivity contribution in [1.82, 2.24) is 15.2 Å². The molecule has 0 saturated carbocycles. The number of benzene rings is 3. The molecule has 0 radical (unpaired) electrons. The first-order valence-electron chi connectivity index (χ1n) is 13.2. The maximum Gasteiger partial charge on any atom is 0.234 e. The molecule has 1 aromatic heterocycles. The van der Waals surface area contributed by atoms with Crippen LogP contribution in [0.15, 0.2) is 59.8 Å². The number of hydrogen-bond acceptors (Lipinski definition) is 9. The maximum atomic E-state index is 12.7. The Bertz CT molecular complexity index is 1530. The molecule has 0 atom stereocenters. The van der Waals surface area contributed by atoms with Crippen molar-refractivity contribution in [3.8, 4) is 45.5 Å². The van der Waals surface area contributed by atoms with Crippen LogP contribution in [0.3, 0.4) is 0 Å². The minimum absolute atomic E-state index is 0.122. The van der Waals surface area contributed by atoms with Crippen LogP contribution >= 0.6 is 11.8 Å². The summed E-state index contributed by atoms with van der Waals surface area (Å²) in [4.78, 5) is 17.5. The van der Waals surface area contributed by atoms with E-state index < -0.39 is 0 Å². The highest BCUT2D eigenvalue weighted by molar-refractivity contribution is 7.99. The van der Waals surface area contributed by atoms with E-state index in [-0.39, 0.29) is 11.7 Å². The Labute approximate surface area is 244 Å². The number of nitrogens with zero attached hydrogens (tertiary/aromatic N) is 3. The summed E-state index contributed by atoms with van der Waals surface area (Å²) < 4.78 is 22.5. The number of aryl methyl sites for hydroxylation is 2. The largest absolute Gasteiger partial charge is 0.493 e. The first kappa shape index (κ1) is 29.7. The van der Waals surface area contributed by atoms with Gasteiger partial charge in [0.2, 0.25) is 11.1 Å². The van der Waals surface area contributed by atoms with Crippen LogP contribution in [0.4, 0.5) is 5.69 Å². The van der Waals surface area contributed by atoms with Gasteiger partial charge in [-0.1, -0.05) is 17.8 Å². The van der Waals surface area contributed by atoms with E-state index in [1.54, 1.807) is 14.2 Å². The van der Waals surface area contributed by atoms with Gasteiger partial charge in [-0.05, 0) is 87.4 Å². The maximum absolute atomic E-state index is 12.7. The fraction of sp³-hybridized carbons (Fsp3) is 0.290. The molecule has 0 saturated heterocycles. The van der Waals surface area contributed by atoms with E-state index in [9.17, 15) is 4.79 Å². The van der Waals surface area contributed by atoms with Crippen molar-refractivity contribution in [2.75, 3.05) is 38.5 Å². The van der Waals surface area contributed by atoms with E-state index in [1.165, 1.54) is 17.3 Å². The molecule has 0 spiro atoms. The van der Waals surface area contributed by atoms with Crippen LogP contribution in [-0.4, -0.2) is 54.3 Å². The standard InChI is InChI=1S/C31H34N4O5S/c1-7-39-26-16-21(10-13-24(26)37-5)29-30(22-11-14-25(38-6)27(17-22)40-8-2)34-35-31(33-29)41-18-28(36)32-23-12-9-19(3)20(4)15-23/h9-17H,7-8,18H2,1-6H3,(H,32,36). The van der Waals surface area contributed by atoms with Crippen molar-refractivity contribution in [3.63, 3.8) is 0 Å². The van der Waals surface area contributed by atoms with Crippen LogP contribution in [0.1, 0.15) is 25.0 Å². The van der Waals surface area contributed by atoms with Gasteiger partial charge in [0, 0.05) is 16.8 Å². The third-order valence-electron chi connectivity index (χ3n) is 6.26. The average Bonchev–Trinajstić information content (AvgIpc) is 2.98. The van der Waals surface area contributed by atoms with Gasteiger partial charge in [0.1, 0.15) is 11.4 Å². The van der Waals surface area contributed by atoms with Crippen LogP contribution < -0.4 is 24.3 Å². The summed E-state index contributed by atoms with van der Waals surface area (Å²) in [5, 5.41) is 12.2. The number of rotatable bonds is 12. The Morgan fingerprint density at radius 3 is 1.93 bits per heavy atom. The molecule has 0 fully saturated rings. The number of methoxy groups -OCH3 is 2. The van der Waals surface area contributed by atoms with Gasteiger partial charge in [-0.2, -0.15) is 0 Å². The van der Waals surface area contributed by atoms with Gasteiger partial charge >= 0.3 is 0 Å². The van der Waals surface area contributed by atoms with Crippen molar-refractivity contribution < 1.29 is 23.7 Å².